The minimum atomic E-state index is 0.0474. The Bertz CT molecular complexity index is 361. The highest BCUT2D eigenvalue weighted by atomic mass is 16.1. The maximum absolute atomic E-state index is 11.7. The predicted octanol–water partition coefficient (Wildman–Crippen LogP) is 1.62. The van der Waals surface area contributed by atoms with Gasteiger partial charge < -0.3 is 10.6 Å². The first kappa shape index (κ1) is 13.0. The van der Waals surface area contributed by atoms with Crippen molar-refractivity contribution in [3.63, 3.8) is 0 Å². The number of carbonyl (C=O) groups excluding carboxylic acids is 1. The fraction of sp³-hybridized carbons (Fsp3) is 0.571. The first-order valence-corrected chi connectivity index (χ1v) is 6.74. The molecule has 0 atom stereocenters. The lowest BCUT2D eigenvalue weighted by Crippen LogP contribution is -2.39. The van der Waals surface area contributed by atoms with Gasteiger partial charge in [0.15, 0.2) is 0 Å². The van der Waals surface area contributed by atoms with Gasteiger partial charge in [-0.15, -0.1) is 0 Å². The average Bonchev–Trinajstić information content (AvgIpc) is 2.45. The molecule has 0 saturated heterocycles. The van der Waals surface area contributed by atoms with Crippen LogP contribution in [0.25, 0.3) is 0 Å². The zero-order valence-electron chi connectivity index (χ0n) is 10.7. The molecule has 98 valence electrons. The summed E-state index contributed by atoms with van der Waals surface area (Å²) >= 11 is 0. The number of hydrogen-bond donors (Lipinski definition) is 2. The molecular formula is C14H21N3O. The minimum absolute atomic E-state index is 0.0474. The number of aromatic nitrogens is 1. The summed E-state index contributed by atoms with van der Waals surface area (Å²) in [6, 6.07) is 6.24. The number of nitrogens with one attached hydrogen (secondary N) is 2. The van der Waals surface area contributed by atoms with E-state index in [-0.39, 0.29) is 5.91 Å². The molecule has 0 aromatic carbocycles. The molecule has 2 rings (SSSR count). The zero-order valence-corrected chi connectivity index (χ0v) is 10.7. The van der Waals surface area contributed by atoms with Gasteiger partial charge in [0.2, 0.25) is 5.91 Å². The van der Waals surface area contributed by atoms with Gasteiger partial charge in [0.05, 0.1) is 18.8 Å². The largest absolute Gasteiger partial charge is 0.349 e. The van der Waals surface area contributed by atoms with Gasteiger partial charge in [-0.2, -0.15) is 0 Å². The van der Waals surface area contributed by atoms with Gasteiger partial charge in [-0.1, -0.05) is 25.3 Å². The highest BCUT2D eigenvalue weighted by molar-refractivity contribution is 5.77. The van der Waals surface area contributed by atoms with Crippen molar-refractivity contribution in [3.05, 3.63) is 30.1 Å². The number of pyridine rings is 1. The smallest absolute Gasteiger partial charge is 0.234 e. The molecule has 1 aliphatic carbocycles. The molecule has 0 spiro atoms. The molecule has 1 heterocycles. The maximum atomic E-state index is 11.7. The van der Waals surface area contributed by atoms with E-state index in [0.29, 0.717) is 19.1 Å². The summed E-state index contributed by atoms with van der Waals surface area (Å²) in [6.07, 6.45) is 8.05. The van der Waals surface area contributed by atoms with Crippen molar-refractivity contribution < 1.29 is 4.79 Å². The quantitative estimate of drug-likeness (QED) is 0.831. The second kappa shape index (κ2) is 7.11. The molecule has 4 nitrogen and oxygen atoms in total. The molecular weight excluding hydrogens is 226 g/mol. The maximum Gasteiger partial charge on any atom is 0.234 e. The number of carbonyl (C=O) groups is 1. The van der Waals surface area contributed by atoms with Crippen LogP contribution >= 0.6 is 0 Å². The summed E-state index contributed by atoms with van der Waals surface area (Å²) in [5, 5.41) is 6.20. The van der Waals surface area contributed by atoms with Gasteiger partial charge in [-0.05, 0) is 25.0 Å². The minimum Gasteiger partial charge on any atom is -0.349 e. The predicted molar refractivity (Wildman–Crippen MR) is 71.0 cm³/mol. The second-order valence-corrected chi connectivity index (χ2v) is 4.81. The molecule has 18 heavy (non-hydrogen) atoms. The monoisotopic (exact) mass is 247 g/mol. The Kier molecular flexibility index (Phi) is 5.15. The van der Waals surface area contributed by atoms with E-state index in [2.05, 4.69) is 15.6 Å². The Labute approximate surface area is 108 Å². The normalized spacial score (nSPS) is 16.4. The van der Waals surface area contributed by atoms with E-state index in [1.54, 1.807) is 6.20 Å². The van der Waals surface area contributed by atoms with Crippen LogP contribution in [-0.4, -0.2) is 23.5 Å². The van der Waals surface area contributed by atoms with Crippen LogP contribution in [0, 0.1) is 0 Å². The third-order valence-corrected chi connectivity index (χ3v) is 3.35. The van der Waals surface area contributed by atoms with Crippen molar-refractivity contribution in [1.82, 2.24) is 15.6 Å². The van der Waals surface area contributed by atoms with Crippen LogP contribution in [0.5, 0.6) is 0 Å². The molecule has 0 bridgehead atoms. The van der Waals surface area contributed by atoms with Gasteiger partial charge in [-0.25, -0.2) is 0 Å². The standard InChI is InChI=1S/C14H21N3O/c18-14(11-16-12-6-2-1-3-7-12)17-10-13-8-4-5-9-15-13/h4-5,8-9,12,16H,1-3,6-7,10-11H2,(H,17,18). The Morgan fingerprint density at radius 1 is 1.28 bits per heavy atom. The first-order chi connectivity index (χ1) is 8.84. The molecule has 0 unspecified atom stereocenters. The van der Waals surface area contributed by atoms with E-state index in [1.165, 1.54) is 32.1 Å². The average molecular weight is 247 g/mol. The number of amides is 1. The Morgan fingerprint density at radius 2 is 2.11 bits per heavy atom. The molecule has 1 amide bonds. The lowest BCUT2D eigenvalue weighted by Gasteiger charge is -2.22. The molecule has 2 N–H and O–H groups in total. The highest BCUT2D eigenvalue weighted by Crippen LogP contribution is 2.16. The number of hydrogen-bond acceptors (Lipinski definition) is 3. The fourth-order valence-corrected chi connectivity index (χ4v) is 2.30. The van der Waals surface area contributed by atoms with E-state index in [9.17, 15) is 4.79 Å². The van der Waals surface area contributed by atoms with Crippen LogP contribution in [0.15, 0.2) is 24.4 Å². The summed E-state index contributed by atoms with van der Waals surface area (Å²) in [4.78, 5) is 15.8. The molecule has 1 fully saturated rings. The Hall–Kier alpha value is -1.42. The van der Waals surface area contributed by atoms with E-state index in [0.717, 1.165) is 5.69 Å². The summed E-state index contributed by atoms with van der Waals surface area (Å²) < 4.78 is 0. The van der Waals surface area contributed by atoms with Gasteiger partial charge >= 0.3 is 0 Å². The van der Waals surface area contributed by atoms with Crippen molar-refractivity contribution in [2.24, 2.45) is 0 Å². The molecule has 1 aromatic rings. The molecule has 4 heteroatoms. The third kappa shape index (κ3) is 4.45. The van der Waals surface area contributed by atoms with Gasteiger partial charge in [0.25, 0.3) is 0 Å². The van der Waals surface area contributed by atoms with E-state index >= 15 is 0 Å². The highest BCUT2D eigenvalue weighted by Gasteiger charge is 2.13. The lowest BCUT2D eigenvalue weighted by atomic mass is 9.95. The SMILES string of the molecule is O=C(CNC1CCCCC1)NCc1ccccn1. The van der Waals surface area contributed by atoms with E-state index in [4.69, 9.17) is 0 Å². The van der Waals surface area contributed by atoms with Crippen LogP contribution in [-0.2, 0) is 11.3 Å². The second-order valence-electron chi connectivity index (χ2n) is 4.81. The van der Waals surface area contributed by atoms with Crippen molar-refractivity contribution in [3.8, 4) is 0 Å². The van der Waals surface area contributed by atoms with Crippen molar-refractivity contribution in [1.29, 1.82) is 0 Å². The Balaban J connectivity index is 1.63. The van der Waals surface area contributed by atoms with E-state index < -0.39 is 0 Å². The van der Waals surface area contributed by atoms with Gasteiger partial charge in [0.1, 0.15) is 0 Å². The van der Waals surface area contributed by atoms with Crippen molar-refractivity contribution in [2.75, 3.05) is 6.54 Å². The van der Waals surface area contributed by atoms with Crippen molar-refractivity contribution >= 4 is 5.91 Å². The summed E-state index contributed by atoms with van der Waals surface area (Å²) in [7, 11) is 0. The zero-order chi connectivity index (χ0) is 12.6. The fourth-order valence-electron chi connectivity index (χ4n) is 2.30. The van der Waals surface area contributed by atoms with Gasteiger partial charge in [-0.3, -0.25) is 9.78 Å². The van der Waals surface area contributed by atoms with Crippen LogP contribution in [0.4, 0.5) is 0 Å². The summed E-state index contributed by atoms with van der Waals surface area (Å²) in [5.41, 5.74) is 0.892. The molecule has 1 aliphatic rings. The third-order valence-electron chi connectivity index (χ3n) is 3.35. The topological polar surface area (TPSA) is 54.0 Å². The van der Waals surface area contributed by atoms with E-state index in [1.807, 2.05) is 18.2 Å². The number of nitrogens with zero attached hydrogens (tertiary/aromatic N) is 1. The molecule has 0 radical (unpaired) electrons. The number of rotatable bonds is 5. The summed E-state index contributed by atoms with van der Waals surface area (Å²) in [5.74, 6) is 0.0474. The lowest BCUT2D eigenvalue weighted by molar-refractivity contribution is -0.120. The summed E-state index contributed by atoms with van der Waals surface area (Å²) in [6.45, 7) is 0.920. The van der Waals surface area contributed by atoms with Crippen LogP contribution in [0.1, 0.15) is 37.8 Å². The molecule has 1 aromatic heterocycles. The van der Waals surface area contributed by atoms with Crippen LogP contribution in [0.2, 0.25) is 0 Å². The molecule has 1 saturated carbocycles. The Morgan fingerprint density at radius 3 is 2.83 bits per heavy atom. The first-order valence-electron chi connectivity index (χ1n) is 6.74. The van der Waals surface area contributed by atoms with Gasteiger partial charge in [0, 0.05) is 12.2 Å². The van der Waals surface area contributed by atoms with Crippen molar-refractivity contribution in [2.45, 2.75) is 44.7 Å². The van der Waals surface area contributed by atoms with Crippen LogP contribution in [0.3, 0.4) is 0 Å². The van der Waals surface area contributed by atoms with Crippen LogP contribution < -0.4 is 10.6 Å². The molecule has 0 aliphatic heterocycles.